The number of halogens is 3. The first kappa shape index (κ1) is 27.6. The van der Waals surface area contributed by atoms with Crippen LogP contribution in [0.5, 0.6) is 0 Å². The van der Waals surface area contributed by atoms with E-state index in [1.807, 2.05) is 0 Å². The van der Waals surface area contributed by atoms with E-state index in [2.05, 4.69) is 4.98 Å². The molecule has 3 aromatic rings. The fraction of sp³-hybridized carbons (Fsp3) is 0.462. The SMILES string of the molecule is C[C@H](NS(=O)(=O)c1ccc(-c2sc(C(=O)N3CC4(C3)CS(=O)(=O)C4)nc2CC2CC2)c2ccccc12)C(F)(F)F. The fourth-order valence-corrected chi connectivity index (χ4v) is 10.3. The average molecular weight is 614 g/mol. The first-order valence-corrected chi connectivity index (χ1v) is 16.9. The molecule has 1 amide bonds. The van der Waals surface area contributed by atoms with Gasteiger partial charge in [-0.05, 0) is 43.6 Å². The summed E-state index contributed by atoms with van der Waals surface area (Å²) < 4.78 is 90.3. The molecule has 214 valence electrons. The summed E-state index contributed by atoms with van der Waals surface area (Å²) in [6.07, 6.45) is -2.00. The minimum absolute atomic E-state index is 0.0949. The molecule has 1 aromatic heterocycles. The lowest BCUT2D eigenvalue weighted by atomic mass is 9.83. The van der Waals surface area contributed by atoms with E-state index in [0.29, 0.717) is 41.3 Å². The van der Waals surface area contributed by atoms with Crippen molar-refractivity contribution in [3.8, 4) is 10.4 Å². The molecule has 0 bridgehead atoms. The summed E-state index contributed by atoms with van der Waals surface area (Å²) in [5, 5.41) is 1.06. The number of thiazole rings is 1. The molecule has 1 atom stereocenters. The number of amides is 1. The first-order valence-electron chi connectivity index (χ1n) is 12.8. The van der Waals surface area contributed by atoms with Crippen molar-refractivity contribution in [3.63, 3.8) is 0 Å². The monoisotopic (exact) mass is 613 g/mol. The van der Waals surface area contributed by atoms with Crippen molar-refractivity contribution in [2.75, 3.05) is 24.6 Å². The number of likely N-dealkylation sites (tertiary alicyclic amines) is 1. The predicted molar refractivity (Wildman–Crippen MR) is 144 cm³/mol. The average Bonchev–Trinajstić information content (AvgIpc) is 3.55. The van der Waals surface area contributed by atoms with Crippen LogP contribution in [0.4, 0.5) is 13.2 Å². The number of hydrogen-bond acceptors (Lipinski definition) is 7. The van der Waals surface area contributed by atoms with Crippen LogP contribution >= 0.6 is 11.3 Å². The second-order valence-electron chi connectivity index (χ2n) is 11.2. The Morgan fingerprint density at radius 1 is 1.15 bits per heavy atom. The summed E-state index contributed by atoms with van der Waals surface area (Å²) in [6.45, 7) is 1.49. The molecule has 3 fully saturated rings. The highest BCUT2D eigenvalue weighted by molar-refractivity contribution is 7.92. The van der Waals surface area contributed by atoms with Crippen molar-refractivity contribution in [2.45, 2.75) is 43.3 Å². The van der Waals surface area contributed by atoms with Gasteiger partial charge in [-0.1, -0.05) is 30.3 Å². The molecule has 40 heavy (non-hydrogen) atoms. The highest BCUT2D eigenvalue weighted by Gasteiger charge is 2.57. The number of carbonyl (C=O) groups excluding carboxylic acids is 1. The lowest BCUT2D eigenvalue weighted by Gasteiger charge is -2.54. The van der Waals surface area contributed by atoms with Gasteiger partial charge in [0.25, 0.3) is 5.91 Å². The van der Waals surface area contributed by atoms with Gasteiger partial charge in [-0.3, -0.25) is 4.79 Å². The lowest BCUT2D eigenvalue weighted by molar-refractivity contribution is -0.147. The number of aromatic nitrogens is 1. The number of benzene rings is 2. The second kappa shape index (κ2) is 9.23. The molecule has 3 heterocycles. The summed E-state index contributed by atoms with van der Waals surface area (Å²) in [5.74, 6) is 0.363. The maximum Gasteiger partial charge on any atom is 0.404 e. The highest BCUT2D eigenvalue weighted by Crippen LogP contribution is 2.44. The number of sulfonamides is 1. The zero-order valence-corrected chi connectivity index (χ0v) is 23.8. The van der Waals surface area contributed by atoms with E-state index < -0.39 is 32.1 Å². The molecule has 1 spiro atoms. The van der Waals surface area contributed by atoms with Gasteiger partial charge < -0.3 is 4.90 Å². The Kier molecular flexibility index (Phi) is 6.37. The molecule has 14 heteroatoms. The molecule has 1 aliphatic carbocycles. The van der Waals surface area contributed by atoms with E-state index >= 15 is 0 Å². The van der Waals surface area contributed by atoms with Crippen molar-refractivity contribution in [1.29, 1.82) is 0 Å². The normalized spacial score (nSPS) is 20.8. The summed E-state index contributed by atoms with van der Waals surface area (Å²) in [6, 6.07) is 7.17. The van der Waals surface area contributed by atoms with Crippen LogP contribution in [0, 0.1) is 11.3 Å². The first-order chi connectivity index (χ1) is 18.7. The van der Waals surface area contributed by atoms with Gasteiger partial charge in [-0.2, -0.15) is 17.9 Å². The molecular formula is C26H26F3N3O5S3. The van der Waals surface area contributed by atoms with Crippen LogP contribution in [-0.4, -0.2) is 69.4 Å². The minimum Gasteiger partial charge on any atom is -0.335 e. The topological polar surface area (TPSA) is 114 Å². The molecule has 2 aromatic carbocycles. The quantitative estimate of drug-likeness (QED) is 0.431. The Morgan fingerprint density at radius 3 is 2.40 bits per heavy atom. The molecule has 3 aliphatic rings. The molecular weight excluding hydrogens is 587 g/mol. The van der Waals surface area contributed by atoms with Crippen molar-refractivity contribution in [3.05, 3.63) is 47.1 Å². The van der Waals surface area contributed by atoms with Gasteiger partial charge in [-0.15, -0.1) is 11.3 Å². The maximum atomic E-state index is 13.3. The third-order valence-electron chi connectivity index (χ3n) is 7.69. The molecule has 2 saturated heterocycles. The lowest BCUT2D eigenvalue weighted by Crippen LogP contribution is -2.69. The summed E-state index contributed by atoms with van der Waals surface area (Å²) >= 11 is 1.20. The summed E-state index contributed by atoms with van der Waals surface area (Å²) in [4.78, 5) is 20.0. The Hall–Kier alpha value is -2.55. The molecule has 8 nitrogen and oxygen atoms in total. The van der Waals surface area contributed by atoms with Gasteiger partial charge in [0.15, 0.2) is 14.8 Å². The Balaban J connectivity index is 1.35. The third kappa shape index (κ3) is 5.03. The van der Waals surface area contributed by atoms with Gasteiger partial charge in [0.2, 0.25) is 10.0 Å². The van der Waals surface area contributed by atoms with Crippen molar-refractivity contribution >= 4 is 47.9 Å². The van der Waals surface area contributed by atoms with E-state index in [-0.39, 0.29) is 38.1 Å². The molecule has 0 unspecified atom stereocenters. The number of alkyl halides is 3. The minimum atomic E-state index is -4.74. The van der Waals surface area contributed by atoms with Crippen LogP contribution in [0.1, 0.15) is 35.3 Å². The Labute approximate surface area is 233 Å². The summed E-state index contributed by atoms with van der Waals surface area (Å²) in [7, 11) is -7.52. The molecule has 6 rings (SSSR count). The smallest absolute Gasteiger partial charge is 0.335 e. The Morgan fingerprint density at radius 2 is 1.80 bits per heavy atom. The van der Waals surface area contributed by atoms with Gasteiger partial charge in [-0.25, -0.2) is 21.8 Å². The van der Waals surface area contributed by atoms with Crippen molar-refractivity contribution in [1.82, 2.24) is 14.6 Å². The maximum absolute atomic E-state index is 13.3. The van der Waals surface area contributed by atoms with Gasteiger partial charge >= 0.3 is 6.18 Å². The molecule has 2 aliphatic heterocycles. The predicted octanol–water partition coefficient (Wildman–Crippen LogP) is 4.02. The highest BCUT2D eigenvalue weighted by atomic mass is 32.2. The van der Waals surface area contributed by atoms with Crippen LogP contribution in [0.25, 0.3) is 21.2 Å². The standard InChI is InChI=1S/C26H26F3N3O5S3/c1-15(26(27,28)29)31-40(36,37)21-9-8-19(17-4-2-3-5-18(17)21)22-20(10-16-6-7-16)30-23(38-22)24(33)32-11-25(12-32)13-39(34,35)14-25/h2-5,8-9,15-16,31H,6-7,10-14H2,1H3/t15-/m0/s1. The van der Waals surface area contributed by atoms with Crippen LogP contribution in [0.2, 0.25) is 0 Å². The number of nitrogens with one attached hydrogen (secondary N) is 1. The third-order valence-corrected chi connectivity index (χ3v) is 12.5. The fourth-order valence-electron chi connectivity index (χ4n) is 5.57. The number of carbonyl (C=O) groups is 1. The Bertz CT molecular complexity index is 1730. The van der Waals surface area contributed by atoms with Crippen LogP contribution in [0.15, 0.2) is 41.3 Å². The van der Waals surface area contributed by atoms with E-state index in [9.17, 15) is 34.8 Å². The number of hydrogen-bond donors (Lipinski definition) is 1. The summed E-state index contributed by atoms with van der Waals surface area (Å²) in [5.41, 5.74) is 1.03. The van der Waals surface area contributed by atoms with Gasteiger partial charge in [0, 0.05) is 29.5 Å². The zero-order valence-electron chi connectivity index (χ0n) is 21.4. The number of nitrogens with zero attached hydrogens (tertiary/aromatic N) is 2. The van der Waals surface area contributed by atoms with E-state index in [1.54, 1.807) is 40.0 Å². The number of sulfone groups is 1. The van der Waals surface area contributed by atoms with E-state index in [0.717, 1.165) is 25.5 Å². The van der Waals surface area contributed by atoms with Crippen LogP contribution in [-0.2, 0) is 26.3 Å². The van der Waals surface area contributed by atoms with Crippen LogP contribution in [0.3, 0.4) is 0 Å². The molecule has 1 saturated carbocycles. The van der Waals surface area contributed by atoms with Gasteiger partial charge in [0.1, 0.15) is 6.04 Å². The largest absolute Gasteiger partial charge is 0.404 e. The number of fused-ring (bicyclic) bond motifs is 1. The molecule has 1 N–H and O–H groups in total. The second-order valence-corrected chi connectivity index (χ2v) is 15.9. The number of rotatable bonds is 7. The zero-order chi connectivity index (χ0) is 28.7. The van der Waals surface area contributed by atoms with E-state index in [1.165, 1.54) is 17.4 Å². The van der Waals surface area contributed by atoms with Gasteiger partial charge in [0.05, 0.1) is 27.0 Å². The van der Waals surface area contributed by atoms with E-state index in [4.69, 9.17) is 0 Å². The molecule has 0 radical (unpaired) electrons. The van der Waals surface area contributed by atoms with Crippen molar-refractivity contribution in [2.24, 2.45) is 11.3 Å². The van der Waals surface area contributed by atoms with Crippen LogP contribution < -0.4 is 4.72 Å². The van der Waals surface area contributed by atoms with Crippen molar-refractivity contribution < 1.29 is 34.8 Å².